The lowest BCUT2D eigenvalue weighted by Gasteiger charge is -2.31. The molecule has 0 spiro atoms. The van der Waals surface area contributed by atoms with Crippen molar-refractivity contribution in [1.82, 2.24) is 15.1 Å². The molecule has 0 saturated carbocycles. The van der Waals surface area contributed by atoms with Gasteiger partial charge < -0.3 is 14.4 Å². The molecule has 110 valence electrons. The highest BCUT2D eigenvalue weighted by Crippen LogP contribution is 2.16. The van der Waals surface area contributed by atoms with Crippen LogP contribution in [0.5, 0.6) is 0 Å². The van der Waals surface area contributed by atoms with Crippen molar-refractivity contribution in [3.63, 3.8) is 0 Å². The largest absolute Gasteiger partial charge is 0.467 e. The number of esters is 1. The third-order valence-electron chi connectivity index (χ3n) is 3.50. The summed E-state index contributed by atoms with van der Waals surface area (Å²) in [6, 6.07) is 5.34. The molecule has 1 aromatic heterocycles. The molecule has 1 aliphatic rings. The van der Waals surface area contributed by atoms with Crippen molar-refractivity contribution in [2.24, 2.45) is 0 Å². The van der Waals surface area contributed by atoms with Gasteiger partial charge in [0.25, 0.3) is 5.91 Å². The Kier molecular flexibility index (Phi) is 3.57. The molecule has 2 heterocycles. The molecule has 1 unspecified atom stereocenters. The first-order valence-corrected chi connectivity index (χ1v) is 6.61. The Morgan fingerprint density at radius 3 is 3.14 bits per heavy atom. The summed E-state index contributed by atoms with van der Waals surface area (Å²) in [7, 11) is 1.30. The smallest absolute Gasteiger partial charge is 0.336 e. The first kappa shape index (κ1) is 13.6. The van der Waals surface area contributed by atoms with E-state index >= 15 is 0 Å². The van der Waals surface area contributed by atoms with Gasteiger partial charge in [-0.05, 0) is 18.2 Å². The molecule has 0 aliphatic carbocycles. The molecular formula is C14H15N3O4. The molecule has 0 radical (unpaired) electrons. The molecule has 1 atom stereocenters. The Balaban J connectivity index is 1.78. The van der Waals surface area contributed by atoms with E-state index in [-0.39, 0.29) is 12.5 Å². The van der Waals surface area contributed by atoms with Crippen molar-refractivity contribution >= 4 is 22.8 Å². The maximum absolute atomic E-state index is 12.5. The van der Waals surface area contributed by atoms with Gasteiger partial charge in [-0.15, -0.1) is 0 Å². The number of carbonyl (C=O) groups excluding carboxylic acids is 2. The summed E-state index contributed by atoms with van der Waals surface area (Å²) in [6.45, 7) is 0.976. The second-order valence-electron chi connectivity index (χ2n) is 4.81. The number of aromatic nitrogens is 2. The maximum Gasteiger partial charge on any atom is 0.336 e. The number of H-pyrrole nitrogens is 1. The SMILES string of the molecule is COC(=O)C1CN(C(=O)c2ccc3[nH]ncc3c2)CCO1. The number of carbonyl (C=O) groups is 2. The van der Waals surface area contributed by atoms with E-state index in [9.17, 15) is 9.59 Å². The first-order valence-electron chi connectivity index (χ1n) is 6.61. The van der Waals surface area contributed by atoms with E-state index in [0.717, 1.165) is 10.9 Å². The van der Waals surface area contributed by atoms with Gasteiger partial charge in [0.2, 0.25) is 0 Å². The van der Waals surface area contributed by atoms with Gasteiger partial charge >= 0.3 is 5.97 Å². The number of hydrogen-bond acceptors (Lipinski definition) is 5. The van der Waals surface area contributed by atoms with Crippen LogP contribution in [0.2, 0.25) is 0 Å². The molecule has 1 fully saturated rings. The minimum absolute atomic E-state index is 0.129. The summed E-state index contributed by atoms with van der Waals surface area (Å²) < 4.78 is 9.98. The first-order chi connectivity index (χ1) is 10.2. The highest BCUT2D eigenvalue weighted by molar-refractivity contribution is 5.98. The molecule has 7 nitrogen and oxygen atoms in total. The summed E-state index contributed by atoms with van der Waals surface area (Å²) in [5, 5.41) is 7.64. The molecule has 21 heavy (non-hydrogen) atoms. The van der Waals surface area contributed by atoms with Crippen LogP contribution in [-0.2, 0) is 14.3 Å². The Morgan fingerprint density at radius 1 is 1.48 bits per heavy atom. The van der Waals surface area contributed by atoms with Gasteiger partial charge in [0.1, 0.15) is 0 Å². The van der Waals surface area contributed by atoms with Crippen molar-refractivity contribution < 1.29 is 19.1 Å². The molecule has 1 saturated heterocycles. The van der Waals surface area contributed by atoms with Crippen LogP contribution in [-0.4, -0.2) is 59.9 Å². The average molecular weight is 289 g/mol. The number of methoxy groups -OCH3 is 1. The normalized spacial score (nSPS) is 18.7. The summed E-state index contributed by atoms with van der Waals surface area (Å²) in [4.78, 5) is 25.6. The number of aromatic amines is 1. The number of nitrogens with one attached hydrogen (secondary N) is 1. The summed E-state index contributed by atoms with van der Waals surface area (Å²) in [6.07, 6.45) is 0.952. The zero-order chi connectivity index (χ0) is 14.8. The second kappa shape index (κ2) is 5.53. The highest BCUT2D eigenvalue weighted by atomic mass is 16.6. The van der Waals surface area contributed by atoms with E-state index in [1.807, 2.05) is 6.07 Å². The average Bonchev–Trinajstić information content (AvgIpc) is 3.01. The lowest BCUT2D eigenvalue weighted by molar-refractivity contribution is -0.158. The fourth-order valence-corrected chi connectivity index (χ4v) is 2.37. The number of ether oxygens (including phenoxy) is 2. The molecular weight excluding hydrogens is 274 g/mol. The maximum atomic E-state index is 12.5. The number of rotatable bonds is 2. The molecule has 1 N–H and O–H groups in total. The molecule has 1 aliphatic heterocycles. The quantitative estimate of drug-likeness (QED) is 0.817. The van der Waals surface area contributed by atoms with E-state index in [1.165, 1.54) is 7.11 Å². The Bertz CT molecular complexity index is 682. The molecule has 2 aromatic rings. The third-order valence-corrected chi connectivity index (χ3v) is 3.50. The van der Waals surface area contributed by atoms with Crippen molar-refractivity contribution in [3.05, 3.63) is 30.0 Å². The molecule has 1 amide bonds. The topological polar surface area (TPSA) is 84.5 Å². The van der Waals surface area contributed by atoms with Gasteiger partial charge in [-0.3, -0.25) is 9.89 Å². The lowest BCUT2D eigenvalue weighted by Crippen LogP contribution is -2.48. The zero-order valence-electron chi connectivity index (χ0n) is 11.5. The Morgan fingerprint density at radius 2 is 2.33 bits per heavy atom. The Hall–Kier alpha value is -2.41. The van der Waals surface area contributed by atoms with Gasteiger partial charge in [0.15, 0.2) is 6.10 Å². The molecule has 1 aromatic carbocycles. The van der Waals surface area contributed by atoms with Crippen LogP contribution in [0, 0.1) is 0 Å². The van der Waals surface area contributed by atoms with Crippen LogP contribution in [0.4, 0.5) is 0 Å². The van der Waals surface area contributed by atoms with Crippen molar-refractivity contribution in [2.75, 3.05) is 26.8 Å². The van der Waals surface area contributed by atoms with Gasteiger partial charge in [-0.2, -0.15) is 5.10 Å². The predicted octanol–water partition coefficient (Wildman–Crippen LogP) is 0.577. The number of amides is 1. The van der Waals surface area contributed by atoms with Crippen LogP contribution in [0.3, 0.4) is 0 Å². The minimum Gasteiger partial charge on any atom is -0.467 e. The van der Waals surface area contributed by atoms with E-state index in [4.69, 9.17) is 4.74 Å². The van der Waals surface area contributed by atoms with Crippen LogP contribution in [0.15, 0.2) is 24.4 Å². The number of hydrogen-bond donors (Lipinski definition) is 1. The monoisotopic (exact) mass is 289 g/mol. The Labute approximate surface area is 120 Å². The van der Waals surface area contributed by atoms with Gasteiger partial charge in [-0.1, -0.05) is 0 Å². The van der Waals surface area contributed by atoms with E-state index in [1.54, 1.807) is 23.2 Å². The second-order valence-corrected chi connectivity index (χ2v) is 4.81. The molecule has 7 heteroatoms. The number of benzene rings is 1. The van der Waals surface area contributed by atoms with Gasteiger partial charge in [0.05, 0.1) is 32.0 Å². The van der Waals surface area contributed by atoms with E-state index in [0.29, 0.717) is 18.7 Å². The zero-order valence-corrected chi connectivity index (χ0v) is 11.5. The van der Waals surface area contributed by atoms with Gasteiger partial charge in [0, 0.05) is 17.5 Å². The number of morpholine rings is 1. The minimum atomic E-state index is -0.717. The van der Waals surface area contributed by atoms with Gasteiger partial charge in [-0.25, -0.2) is 4.79 Å². The summed E-state index contributed by atoms with van der Waals surface area (Å²) in [5.74, 6) is -0.590. The van der Waals surface area contributed by atoms with Crippen molar-refractivity contribution in [2.45, 2.75) is 6.10 Å². The lowest BCUT2D eigenvalue weighted by atomic mass is 10.1. The van der Waals surface area contributed by atoms with Crippen molar-refractivity contribution in [3.8, 4) is 0 Å². The van der Waals surface area contributed by atoms with Crippen molar-refractivity contribution in [1.29, 1.82) is 0 Å². The number of nitrogens with zero attached hydrogens (tertiary/aromatic N) is 2. The highest BCUT2D eigenvalue weighted by Gasteiger charge is 2.30. The van der Waals surface area contributed by atoms with E-state index < -0.39 is 12.1 Å². The summed E-state index contributed by atoms with van der Waals surface area (Å²) >= 11 is 0. The van der Waals surface area contributed by atoms with Crippen LogP contribution in [0.25, 0.3) is 10.9 Å². The fraction of sp³-hybridized carbons (Fsp3) is 0.357. The molecule has 3 rings (SSSR count). The summed E-state index contributed by atoms with van der Waals surface area (Å²) in [5.41, 5.74) is 1.44. The fourth-order valence-electron chi connectivity index (χ4n) is 2.37. The number of fused-ring (bicyclic) bond motifs is 1. The van der Waals surface area contributed by atoms with Crippen LogP contribution < -0.4 is 0 Å². The van der Waals surface area contributed by atoms with E-state index in [2.05, 4.69) is 14.9 Å². The predicted molar refractivity (Wildman–Crippen MR) is 73.8 cm³/mol. The molecule has 0 bridgehead atoms. The third kappa shape index (κ3) is 2.59. The standard InChI is InChI=1S/C14H15N3O4/c1-20-14(19)12-8-17(4-5-21-12)13(18)9-2-3-11-10(6-9)7-15-16-11/h2-3,6-7,12H,4-5,8H2,1H3,(H,15,16). The van der Waals surface area contributed by atoms with Crippen LogP contribution in [0.1, 0.15) is 10.4 Å². The van der Waals surface area contributed by atoms with Crippen LogP contribution >= 0.6 is 0 Å².